The fourth-order valence-electron chi connectivity index (χ4n) is 3.14. The predicted octanol–water partition coefficient (Wildman–Crippen LogP) is 3.07. The van der Waals surface area contributed by atoms with Gasteiger partial charge in [0.05, 0.1) is 18.4 Å². The van der Waals surface area contributed by atoms with Crippen LogP contribution in [0.5, 0.6) is 0 Å². The molecule has 1 N–H and O–H groups in total. The first kappa shape index (κ1) is 19.8. The average molecular weight is 381 g/mol. The molecule has 3 rings (SSSR count). The number of nitrogens with one attached hydrogen (secondary N) is 1. The van der Waals surface area contributed by atoms with Crippen LogP contribution in [0.25, 0.3) is 6.20 Å². The van der Waals surface area contributed by atoms with Gasteiger partial charge in [-0.25, -0.2) is 9.48 Å². The predicted molar refractivity (Wildman–Crippen MR) is 109 cm³/mol. The van der Waals surface area contributed by atoms with E-state index in [0.717, 1.165) is 41.9 Å². The lowest BCUT2D eigenvalue weighted by Gasteiger charge is -2.15. The summed E-state index contributed by atoms with van der Waals surface area (Å²) in [6.45, 7) is 9.33. The minimum absolute atomic E-state index is 0.334. The van der Waals surface area contributed by atoms with Crippen LogP contribution in [-0.4, -0.2) is 52.2 Å². The molecule has 1 aliphatic carbocycles. The van der Waals surface area contributed by atoms with Crippen molar-refractivity contribution in [3.05, 3.63) is 65.2 Å². The number of amides is 1. The highest BCUT2D eigenvalue weighted by molar-refractivity contribution is 5.74. The SMILES string of the molecule is C=C(C)C1=CC(C)=C(N2CC(C=Cn3cc(CCNC)nn3)OC2=O)C=CC1. The fraction of sp³-hybridized carbons (Fsp3) is 0.381. The van der Waals surface area contributed by atoms with Crippen LogP contribution in [-0.2, 0) is 11.2 Å². The van der Waals surface area contributed by atoms with Crippen LogP contribution in [0.1, 0.15) is 26.0 Å². The molecule has 0 spiro atoms. The van der Waals surface area contributed by atoms with Gasteiger partial charge in [0.2, 0.25) is 0 Å². The molecule has 0 aromatic carbocycles. The van der Waals surface area contributed by atoms with E-state index in [2.05, 4.69) is 34.4 Å². The molecule has 148 valence electrons. The summed E-state index contributed by atoms with van der Waals surface area (Å²) in [5, 5.41) is 11.3. The average Bonchev–Trinajstić information content (AvgIpc) is 3.21. The van der Waals surface area contributed by atoms with Crippen LogP contribution >= 0.6 is 0 Å². The number of rotatable bonds is 7. The monoisotopic (exact) mass is 381 g/mol. The molecular weight excluding hydrogens is 354 g/mol. The number of hydrogen-bond acceptors (Lipinski definition) is 5. The second kappa shape index (κ2) is 8.84. The first-order valence-corrected chi connectivity index (χ1v) is 9.43. The summed E-state index contributed by atoms with van der Waals surface area (Å²) in [5.41, 5.74) is 5.02. The Morgan fingerprint density at radius 3 is 3.07 bits per heavy atom. The number of carbonyl (C=O) groups is 1. The van der Waals surface area contributed by atoms with E-state index in [-0.39, 0.29) is 12.2 Å². The molecule has 0 radical (unpaired) electrons. The van der Waals surface area contributed by atoms with Crippen molar-refractivity contribution >= 4 is 12.3 Å². The van der Waals surface area contributed by atoms with Crippen LogP contribution in [0.15, 0.2) is 59.5 Å². The minimum Gasteiger partial charge on any atom is -0.440 e. The van der Waals surface area contributed by atoms with Gasteiger partial charge in [-0.15, -0.1) is 5.10 Å². The van der Waals surface area contributed by atoms with Crippen molar-refractivity contribution in [3.63, 3.8) is 0 Å². The van der Waals surface area contributed by atoms with E-state index in [1.807, 2.05) is 39.2 Å². The zero-order valence-electron chi connectivity index (χ0n) is 16.7. The molecule has 0 bridgehead atoms. The molecule has 7 nitrogen and oxygen atoms in total. The summed E-state index contributed by atoms with van der Waals surface area (Å²) in [5.74, 6) is 0. The largest absolute Gasteiger partial charge is 0.440 e. The Bertz CT molecular complexity index is 875. The van der Waals surface area contributed by atoms with E-state index in [4.69, 9.17) is 4.74 Å². The fourth-order valence-corrected chi connectivity index (χ4v) is 3.14. The van der Waals surface area contributed by atoms with Crippen molar-refractivity contribution in [1.82, 2.24) is 25.2 Å². The second-order valence-corrected chi connectivity index (χ2v) is 7.04. The summed E-state index contributed by atoms with van der Waals surface area (Å²) in [6, 6.07) is 0. The maximum atomic E-state index is 12.4. The lowest BCUT2D eigenvalue weighted by molar-refractivity contribution is 0.150. The molecule has 1 aromatic heterocycles. The number of likely N-dealkylation sites (N-methyl/N-ethyl adjacent to an activating group) is 1. The molecule has 1 saturated heterocycles. The van der Waals surface area contributed by atoms with Gasteiger partial charge >= 0.3 is 6.09 Å². The van der Waals surface area contributed by atoms with Gasteiger partial charge in [-0.1, -0.05) is 29.5 Å². The van der Waals surface area contributed by atoms with Crippen molar-refractivity contribution in [2.45, 2.75) is 32.8 Å². The molecule has 7 heteroatoms. The third-order valence-electron chi connectivity index (χ3n) is 4.72. The van der Waals surface area contributed by atoms with E-state index in [0.29, 0.717) is 6.54 Å². The number of allylic oxidation sites excluding steroid dienone is 6. The Hall–Kier alpha value is -2.93. The Labute approximate surface area is 165 Å². The summed E-state index contributed by atoms with van der Waals surface area (Å²) < 4.78 is 7.14. The van der Waals surface area contributed by atoms with Crippen molar-refractivity contribution in [3.8, 4) is 0 Å². The number of cyclic esters (lactones) is 1. The topological polar surface area (TPSA) is 72.3 Å². The van der Waals surface area contributed by atoms with Crippen molar-refractivity contribution in [2.24, 2.45) is 0 Å². The van der Waals surface area contributed by atoms with Crippen molar-refractivity contribution in [1.29, 1.82) is 0 Å². The van der Waals surface area contributed by atoms with Crippen molar-refractivity contribution in [2.75, 3.05) is 20.1 Å². The normalized spacial score (nSPS) is 20.0. The highest BCUT2D eigenvalue weighted by Gasteiger charge is 2.32. The maximum Gasteiger partial charge on any atom is 0.415 e. The van der Waals surface area contributed by atoms with E-state index in [1.165, 1.54) is 5.57 Å². The van der Waals surface area contributed by atoms with Crippen LogP contribution < -0.4 is 5.32 Å². The highest BCUT2D eigenvalue weighted by Crippen LogP contribution is 2.27. The number of aromatic nitrogens is 3. The summed E-state index contributed by atoms with van der Waals surface area (Å²) in [4.78, 5) is 14.1. The molecule has 1 aromatic rings. The molecule has 1 aliphatic heterocycles. The molecule has 28 heavy (non-hydrogen) atoms. The molecule has 1 atom stereocenters. The molecule has 2 heterocycles. The first-order chi connectivity index (χ1) is 13.5. The minimum atomic E-state index is -0.339. The molecule has 1 amide bonds. The quantitative estimate of drug-likeness (QED) is 0.786. The van der Waals surface area contributed by atoms with Gasteiger partial charge in [0.25, 0.3) is 0 Å². The van der Waals surface area contributed by atoms with E-state index >= 15 is 0 Å². The molecule has 0 saturated carbocycles. The summed E-state index contributed by atoms with van der Waals surface area (Å²) in [6.07, 6.45) is 12.6. The van der Waals surface area contributed by atoms with Gasteiger partial charge < -0.3 is 10.1 Å². The van der Waals surface area contributed by atoms with Gasteiger partial charge in [0.1, 0.15) is 6.10 Å². The van der Waals surface area contributed by atoms with E-state index < -0.39 is 0 Å². The number of carbonyl (C=O) groups excluding carboxylic acids is 1. The second-order valence-electron chi connectivity index (χ2n) is 7.04. The highest BCUT2D eigenvalue weighted by atomic mass is 16.6. The lowest BCUT2D eigenvalue weighted by atomic mass is 10.0. The molecule has 1 unspecified atom stereocenters. The number of nitrogens with zero attached hydrogens (tertiary/aromatic N) is 4. The lowest BCUT2D eigenvalue weighted by Crippen LogP contribution is -2.24. The van der Waals surface area contributed by atoms with Crippen LogP contribution in [0.3, 0.4) is 0 Å². The van der Waals surface area contributed by atoms with Gasteiger partial charge in [-0.3, -0.25) is 4.90 Å². The Morgan fingerprint density at radius 1 is 1.50 bits per heavy atom. The first-order valence-electron chi connectivity index (χ1n) is 9.43. The number of ether oxygens (including phenoxy) is 1. The van der Waals surface area contributed by atoms with Crippen LogP contribution in [0.4, 0.5) is 4.79 Å². The Kier molecular flexibility index (Phi) is 6.26. The third kappa shape index (κ3) is 4.67. The molecule has 1 fully saturated rings. The van der Waals surface area contributed by atoms with E-state index in [9.17, 15) is 4.79 Å². The molecule has 2 aliphatic rings. The Balaban J connectivity index is 1.69. The maximum absolute atomic E-state index is 12.4. The van der Waals surface area contributed by atoms with Crippen LogP contribution in [0.2, 0.25) is 0 Å². The summed E-state index contributed by atoms with van der Waals surface area (Å²) >= 11 is 0. The standard InChI is InChI=1S/C21H27N5O2/c1-15(2)17-6-5-7-20(16(3)12-17)26-14-19(28-21(26)27)9-11-25-13-18(23-24-25)8-10-22-4/h5,7,9,11-13,19,22H,1,6,8,10,14H2,2-4H3. The van der Waals surface area contributed by atoms with Gasteiger partial charge in [-0.2, -0.15) is 0 Å². The summed E-state index contributed by atoms with van der Waals surface area (Å²) in [7, 11) is 1.90. The van der Waals surface area contributed by atoms with Crippen LogP contribution in [0, 0.1) is 0 Å². The van der Waals surface area contributed by atoms with Gasteiger partial charge in [0.15, 0.2) is 0 Å². The van der Waals surface area contributed by atoms with Gasteiger partial charge in [-0.05, 0) is 50.6 Å². The van der Waals surface area contributed by atoms with Crippen molar-refractivity contribution < 1.29 is 9.53 Å². The smallest absolute Gasteiger partial charge is 0.415 e. The zero-order chi connectivity index (χ0) is 20.1. The third-order valence-corrected chi connectivity index (χ3v) is 4.72. The van der Waals surface area contributed by atoms with E-state index in [1.54, 1.807) is 15.8 Å². The molecular formula is C21H27N5O2. The zero-order valence-corrected chi connectivity index (χ0v) is 16.7. The Morgan fingerprint density at radius 2 is 2.32 bits per heavy atom. The van der Waals surface area contributed by atoms with Gasteiger partial charge in [0, 0.05) is 24.9 Å². The number of hydrogen-bond donors (Lipinski definition) is 1.